The highest BCUT2D eigenvalue weighted by Gasteiger charge is 2.10. The van der Waals surface area contributed by atoms with E-state index in [4.69, 9.17) is 5.11 Å². The SMILES string of the molecule is CCCCCCCc1ccc(O)cc1C(=O)O. The van der Waals surface area contributed by atoms with Crippen molar-refractivity contribution < 1.29 is 15.0 Å². The van der Waals surface area contributed by atoms with Gasteiger partial charge in [-0.3, -0.25) is 0 Å². The molecule has 17 heavy (non-hydrogen) atoms. The zero-order valence-corrected chi connectivity index (χ0v) is 10.3. The third kappa shape index (κ3) is 4.47. The summed E-state index contributed by atoms with van der Waals surface area (Å²) in [5.74, 6) is -0.957. The highest BCUT2D eigenvalue weighted by Crippen LogP contribution is 2.19. The molecule has 0 aliphatic carbocycles. The molecule has 1 rings (SSSR count). The maximum atomic E-state index is 11.0. The number of aromatic hydroxyl groups is 1. The Labute approximate surface area is 102 Å². The Hall–Kier alpha value is -1.51. The summed E-state index contributed by atoms with van der Waals surface area (Å²) in [4.78, 5) is 11.0. The first-order valence-electron chi connectivity index (χ1n) is 6.20. The van der Waals surface area contributed by atoms with Gasteiger partial charge in [-0.05, 0) is 30.5 Å². The van der Waals surface area contributed by atoms with E-state index in [1.807, 2.05) is 0 Å². The van der Waals surface area contributed by atoms with Crippen LogP contribution in [0.15, 0.2) is 18.2 Å². The minimum absolute atomic E-state index is 0.0112. The zero-order chi connectivity index (χ0) is 12.7. The van der Waals surface area contributed by atoms with Crippen molar-refractivity contribution in [3.05, 3.63) is 29.3 Å². The summed E-state index contributed by atoms with van der Waals surface area (Å²) in [6.07, 6.45) is 6.56. The van der Waals surface area contributed by atoms with E-state index in [-0.39, 0.29) is 11.3 Å². The molecule has 0 amide bonds. The van der Waals surface area contributed by atoms with Crippen molar-refractivity contribution in [2.24, 2.45) is 0 Å². The summed E-state index contributed by atoms with van der Waals surface area (Å²) in [7, 11) is 0. The molecule has 1 aromatic carbocycles. The molecule has 0 unspecified atom stereocenters. The van der Waals surface area contributed by atoms with Crippen LogP contribution in [0.4, 0.5) is 0 Å². The summed E-state index contributed by atoms with van der Waals surface area (Å²) in [6.45, 7) is 2.17. The molecule has 0 spiro atoms. The average molecular weight is 236 g/mol. The second-order valence-corrected chi connectivity index (χ2v) is 4.31. The van der Waals surface area contributed by atoms with Crippen molar-refractivity contribution in [3.63, 3.8) is 0 Å². The Morgan fingerprint density at radius 1 is 1.18 bits per heavy atom. The minimum Gasteiger partial charge on any atom is -0.508 e. The topological polar surface area (TPSA) is 57.5 Å². The summed E-state index contributed by atoms with van der Waals surface area (Å²) < 4.78 is 0. The van der Waals surface area contributed by atoms with E-state index in [1.54, 1.807) is 12.1 Å². The van der Waals surface area contributed by atoms with Gasteiger partial charge in [0.2, 0.25) is 0 Å². The van der Waals surface area contributed by atoms with Crippen LogP contribution in [-0.2, 0) is 6.42 Å². The van der Waals surface area contributed by atoms with E-state index in [9.17, 15) is 9.90 Å². The Bertz CT molecular complexity index is 372. The van der Waals surface area contributed by atoms with Crippen LogP contribution in [0.2, 0.25) is 0 Å². The number of carbonyl (C=O) groups is 1. The number of rotatable bonds is 7. The second-order valence-electron chi connectivity index (χ2n) is 4.31. The lowest BCUT2D eigenvalue weighted by atomic mass is 10.0. The Balaban J connectivity index is 2.55. The van der Waals surface area contributed by atoms with Crippen LogP contribution in [0, 0.1) is 0 Å². The quantitative estimate of drug-likeness (QED) is 0.711. The average Bonchev–Trinajstić information content (AvgIpc) is 2.30. The molecule has 0 saturated carbocycles. The number of benzene rings is 1. The number of hydrogen-bond acceptors (Lipinski definition) is 2. The first-order valence-corrected chi connectivity index (χ1v) is 6.20. The molecule has 3 nitrogen and oxygen atoms in total. The largest absolute Gasteiger partial charge is 0.508 e. The van der Waals surface area contributed by atoms with E-state index in [0.29, 0.717) is 0 Å². The molecule has 0 radical (unpaired) electrons. The number of phenols is 1. The first kappa shape index (κ1) is 13.6. The minimum atomic E-state index is -0.968. The number of hydrogen-bond donors (Lipinski definition) is 2. The summed E-state index contributed by atoms with van der Waals surface area (Å²) >= 11 is 0. The standard InChI is InChI=1S/C14H20O3/c1-2-3-4-5-6-7-11-8-9-12(15)10-13(11)14(16)17/h8-10,15H,2-7H2,1H3,(H,16,17). The monoisotopic (exact) mass is 236 g/mol. The van der Waals surface area contributed by atoms with Crippen LogP contribution in [0.1, 0.15) is 54.9 Å². The van der Waals surface area contributed by atoms with Gasteiger partial charge in [0.05, 0.1) is 5.56 Å². The fourth-order valence-corrected chi connectivity index (χ4v) is 1.90. The number of aromatic carboxylic acids is 1. The molecule has 0 saturated heterocycles. The fraction of sp³-hybridized carbons (Fsp3) is 0.500. The summed E-state index contributed by atoms with van der Waals surface area (Å²) in [5, 5.41) is 18.3. The molecular formula is C14H20O3. The van der Waals surface area contributed by atoms with Crippen LogP contribution < -0.4 is 0 Å². The molecule has 1 aromatic rings. The van der Waals surface area contributed by atoms with Gasteiger partial charge in [-0.1, -0.05) is 38.7 Å². The smallest absolute Gasteiger partial charge is 0.336 e. The molecule has 3 heteroatoms. The number of carboxylic acids is 1. The van der Waals surface area contributed by atoms with Crippen molar-refractivity contribution >= 4 is 5.97 Å². The van der Waals surface area contributed by atoms with E-state index < -0.39 is 5.97 Å². The third-order valence-corrected chi connectivity index (χ3v) is 2.87. The number of phenolic OH excluding ortho intramolecular Hbond substituents is 1. The molecule has 2 N–H and O–H groups in total. The van der Waals surface area contributed by atoms with E-state index >= 15 is 0 Å². The van der Waals surface area contributed by atoms with Crippen molar-refractivity contribution in [2.75, 3.05) is 0 Å². The normalized spacial score (nSPS) is 10.4. The number of carboxylic acid groups (broad SMARTS) is 1. The van der Waals surface area contributed by atoms with Gasteiger partial charge in [0.25, 0.3) is 0 Å². The lowest BCUT2D eigenvalue weighted by Crippen LogP contribution is -2.02. The van der Waals surface area contributed by atoms with Crippen molar-refractivity contribution in [2.45, 2.75) is 45.4 Å². The molecular weight excluding hydrogens is 216 g/mol. The van der Waals surface area contributed by atoms with E-state index in [0.717, 1.165) is 24.8 Å². The highest BCUT2D eigenvalue weighted by atomic mass is 16.4. The predicted octanol–water partition coefficient (Wildman–Crippen LogP) is 3.60. The fourth-order valence-electron chi connectivity index (χ4n) is 1.90. The van der Waals surface area contributed by atoms with Crippen LogP contribution in [0.3, 0.4) is 0 Å². The molecule has 0 heterocycles. The Morgan fingerprint density at radius 2 is 1.88 bits per heavy atom. The third-order valence-electron chi connectivity index (χ3n) is 2.87. The second kappa shape index (κ2) is 6.94. The lowest BCUT2D eigenvalue weighted by molar-refractivity contribution is 0.0695. The van der Waals surface area contributed by atoms with Gasteiger partial charge < -0.3 is 10.2 Å². The Kier molecular flexibility index (Phi) is 5.53. The van der Waals surface area contributed by atoms with Crippen molar-refractivity contribution in [1.29, 1.82) is 0 Å². The molecule has 94 valence electrons. The van der Waals surface area contributed by atoms with Crippen LogP contribution >= 0.6 is 0 Å². The number of unbranched alkanes of at least 4 members (excludes halogenated alkanes) is 4. The van der Waals surface area contributed by atoms with Crippen LogP contribution in [0.5, 0.6) is 5.75 Å². The molecule has 0 aliphatic rings. The van der Waals surface area contributed by atoms with Crippen molar-refractivity contribution in [3.8, 4) is 5.75 Å². The maximum absolute atomic E-state index is 11.0. The first-order chi connectivity index (χ1) is 8.15. The van der Waals surface area contributed by atoms with Crippen molar-refractivity contribution in [1.82, 2.24) is 0 Å². The van der Waals surface area contributed by atoms with Gasteiger partial charge in [-0.15, -0.1) is 0 Å². The van der Waals surface area contributed by atoms with Gasteiger partial charge in [0.1, 0.15) is 5.75 Å². The van der Waals surface area contributed by atoms with Gasteiger partial charge in [-0.25, -0.2) is 4.79 Å². The molecule has 0 fully saturated rings. The maximum Gasteiger partial charge on any atom is 0.336 e. The molecule has 0 bridgehead atoms. The van der Waals surface area contributed by atoms with Gasteiger partial charge >= 0.3 is 5.97 Å². The highest BCUT2D eigenvalue weighted by molar-refractivity contribution is 5.89. The lowest BCUT2D eigenvalue weighted by Gasteiger charge is -2.06. The van der Waals surface area contributed by atoms with E-state index in [1.165, 1.54) is 25.3 Å². The molecule has 0 atom stereocenters. The zero-order valence-electron chi connectivity index (χ0n) is 10.3. The Morgan fingerprint density at radius 3 is 2.53 bits per heavy atom. The summed E-state index contributed by atoms with van der Waals surface area (Å²) in [5.41, 5.74) is 1.03. The summed E-state index contributed by atoms with van der Waals surface area (Å²) in [6, 6.07) is 4.58. The van der Waals surface area contributed by atoms with E-state index in [2.05, 4.69) is 6.92 Å². The molecule has 0 aliphatic heterocycles. The number of aryl methyl sites for hydroxylation is 1. The van der Waals surface area contributed by atoms with Crippen LogP contribution in [-0.4, -0.2) is 16.2 Å². The van der Waals surface area contributed by atoms with Gasteiger partial charge in [0, 0.05) is 0 Å². The van der Waals surface area contributed by atoms with Gasteiger partial charge in [-0.2, -0.15) is 0 Å². The predicted molar refractivity (Wildman–Crippen MR) is 67.5 cm³/mol. The van der Waals surface area contributed by atoms with Crippen LogP contribution in [0.25, 0.3) is 0 Å². The van der Waals surface area contributed by atoms with Gasteiger partial charge in [0.15, 0.2) is 0 Å². The molecule has 0 aromatic heterocycles.